The van der Waals surface area contributed by atoms with Crippen molar-refractivity contribution in [3.8, 4) is 0 Å². The lowest BCUT2D eigenvalue weighted by Crippen LogP contribution is -2.38. The number of imidazole rings is 1. The molecule has 19 heavy (non-hydrogen) atoms. The molecule has 0 fully saturated rings. The van der Waals surface area contributed by atoms with E-state index in [9.17, 15) is 4.79 Å². The number of carbonyl (C=O) groups is 1. The molecule has 0 aliphatic carbocycles. The largest absolute Gasteiger partial charge is 0.353 e. The summed E-state index contributed by atoms with van der Waals surface area (Å²) in [6.45, 7) is 6.34. The van der Waals surface area contributed by atoms with Crippen LogP contribution in [0, 0.1) is 5.92 Å². The molecule has 0 bridgehead atoms. The third-order valence-corrected chi connectivity index (χ3v) is 3.35. The minimum atomic E-state index is 0.0453. The molecule has 1 N–H and O–H groups in total. The maximum absolute atomic E-state index is 12.0. The first kappa shape index (κ1) is 13.6. The van der Waals surface area contributed by atoms with Crippen molar-refractivity contribution >= 4 is 11.6 Å². The third-order valence-electron chi connectivity index (χ3n) is 3.35. The van der Waals surface area contributed by atoms with Crippen LogP contribution < -0.4 is 5.32 Å². The lowest BCUT2D eigenvalue weighted by Gasteiger charge is -2.20. The van der Waals surface area contributed by atoms with Crippen LogP contribution in [0.4, 0.5) is 0 Å². The van der Waals surface area contributed by atoms with E-state index in [1.165, 1.54) is 0 Å². The van der Waals surface area contributed by atoms with Crippen LogP contribution in [-0.2, 0) is 11.2 Å². The van der Waals surface area contributed by atoms with Crippen molar-refractivity contribution in [2.24, 2.45) is 5.92 Å². The molecule has 0 aliphatic heterocycles. The molecule has 0 spiro atoms. The summed E-state index contributed by atoms with van der Waals surface area (Å²) in [6, 6.07) is 6.07. The molecule has 0 saturated heterocycles. The van der Waals surface area contributed by atoms with Crippen molar-refractivity contribution < 1.29 is 4.79 Å². The summed E-state index contributed by atoms with van der Waals surface area (Å²) >= 11 is 0. The number of nitrogens with one attached hydrogen (secondary N) is 1. The number of amides is 1. The Kier molecular flexibility index (Phi) is 4.20. The van der Waals surface area contributed by atoms with Crippen LogP contribution in [0.1, 0.15) is 32.9 Å². The molecule has 102 valence electrons. The third kappa shape index (κ3) is 3.34. The van der Waals surface area contributed by atoms with Crippen LogP contribution in [-0.4, -0.2) is 21.3 Å². The molecule has 0 radical (unpaired) electrons. The Balaban J connectivity index is 2.02. The Morgan fingerprint density at radius 2 is 2.21 bits per heavy atom. The molecule has 1 amide bonds. The molecule has 0 saturated carbocycles. The van der Waals surface area contributed by atoms with Gasteiger partial charge in [-0.3, -0.25) is 4.79 Å². The van der Waals surface area contributed by atoms with Gasteiger partial charge in [0.05, 0.1) is 12.1 Å². The molecule has 2 heterocycles. The highest BCUT2D eigenvalue weighted by atomic mass is 16.1. The smallest absolute Gasteiger partial charge is 0.226 e. The molecule has 2 rings (SSSR count). The van der Waals surface area contributed by atoms with Crippen LogP contribution in [0.25, 0.3) is 5.65 Å². The minimum Gasteiger partial charge on any atom is -0.353 e. The Labute approximate surface area is 113 Å². The zero-order valence-electron chi connectivity index (χ0n) is 11.8. The Morgan fingerprint density at radius 3 is 2.84 bits per heavy atom. The fourth-order valence-electron chi connectivity index (χ4n) is 2.23. The number of aromatic nitrogens is 2. The summed E-state index contributed by atoms with van der Waals surface area (Å²) in [5, 5.41) is 3.07. The first-order chi connectivity index (χ1) is 9.10. The molecule has 0 aromatic carbocycles. The monoisotopic (exact) mass is 259 g/mol. The fraction of sp³-hybridized carbons (Fsp3) is 0.467. The zero-order chi connectivity index (χ0) is 13.8. The van der Waals surface area contributed by atoms with Crippen LogP contribution in [0.2, 0.25) is 0 Å². The summed E-state index contributed by atoms with van der Waals surface area (Å²) in [5.41, 5.74) is 1.68. The Bertz CT molecular complexity index is 526. The van der Waals surface area contributed by atoms with Gasteiger partial charge in [0, 0.05) is 18.4 Å². The van der Waals surface area contributed by atoms with Crippen LogP contribution in [0.5, 0.6) is 0 Å². The predicted octanol–water partition coefficient (Wildman–Crippen LogP) is 2.43. The number of nitrogens with zero attached hydrogens (tertiary/aromatic N) is 2. The van der Waals surface area contributed by atoms with Gasteiger partial charge >= 0.3 is 0 Å². The van der Waals surface area contributed by atoms with Crippen molar-refractivity contribution in [2.75, 3.05) is 0 Å². The zero-order valence-corrected chi connectivity index (χ0v) is 11.8. The van der Waals surface area contributed by atoms with Crippen molar-refractivity contribution in [3.05, 3.63) is 36.3 Å². The van der Waals surface area contributed by atoms with Gasteiger partial charge in [-0.1, -0.05) is 26.8 Å². The van der Waals surface area contributed by atoms with Crippen LogP contribution >= 0.6 is 0 Å². The average Bonchev–Trinajstić information content (AvgIpc) is 2.77. The van der Waals surface area contributed by atoms with E-state index in [1.54, 1.807) is 0 Å². The number of carbonyl (C=O) groups excluding carboxylic acids is 1. The van der Waals surface area contributed by atoms with E-state index in [0.717, 1.165) is 17.8 Å². The minimum absolute atomic E-state index is 0.0453. The molecule has 1 atom stereocenters. The highest BCUT2D eigenvalue weighted by molar-refractivity contribution is 5.78. The predicted molar refractivity (Wildman–Crippen MR) is 76.0 cm³/mol. The SMILES string of the molecule is CC[C@@H](NC(=O)Cc1cn2ccccc2n1)C(C)C. The van der Waals surface area contributed by atoms with E-state index in [1.807, 2.05) is 35.0 Å². The standard InChI is InChI=1S/C15H21N3O/c1-4-13(11(2)3)17-15(19)9-12-10-18-8-6-5-7-14(18)16-12/h5-8,10-11,13H,4,9H2,1-3H3,(H,17,19)/t13-/m1/s1. The molecule has 0 unspecified atom stereocenters. The second-order valence-electron chi connectivity index (χ2n) is 5.20. The first-order valence-corrected chi connectivity index (χ1v) is 6.82. The second kappa shape index (κ2) is 5.87. The summed E-state index contributed by atoms with van der Waals surface area (Å²) in [6.07, 6.45) is 5.14. The normalized spacial score (nSPS) is 12.8. The van der Waals surface area contributed by atoms with Gasteiger partial charge in [-0.15, -0.1) is 0 Å². The lowest BCUT2D eigenvalue weighted by atomic mass is 10.0. The summed E-state index contributed by atoms with van der Waals surface area (Å²) in [5.74, 6) is 0.499. The van der Waals surface area contributed by atoms with E-state index in [2.05, 4.69) is 31.1 Å². The topological polar surface area (TPSA) is 46.4 Å². The molecular formula is C15H21N3O. The molecule has 4 heteroatoms. The van der Waals surface area contributed by atoms with E-state index >= 15 is 0 Å². The van der Waals surface area contributed by atoms with Gasteiger partial charge in [-0.2, -0.15) is 0 Å². The Morgan fingerprint density at radius 1 is 1.42 bits per heavy atom. The van der Waals surface area contributed by atoms with Crippen LogP contribution in [0.3, 0.4) is 0 Å². The van der Waals surface area contributed by atoms with Gasteiger partial charge in [-0.05, 0) is 24.5 Å². The summed E-state index contributed by atoms with van der Waals surface area (Å²) < 4.78 is 1.93. The number of rotatable bonds is 5. The van der Waals surface area contributed by atoms with Crippen LogP contribution in [0.15, 0.2) is 30.6 Å². The second-order valence-corrected chi connectivity index (χ2v) is 5.20. The molecular weight excluding hydrogens is 238 g/mol. The van der Waals surface area contributed by atoms with Gasteiger partial charge in [0.1, 0.15) is 5.65 Å². The van der Waals surface area contributed by atoms with Gasteiger partial charge < -0.3 is 9.72 Å². The average molecular weight is 259 g/mol. The first-order valence-electron chi connectivity index (χ1n) is 6.82. The van der Waals surface area contributed by atoms with Crippen molar-refractivity contribution in [1.29, 1.82) is 0 Å². The number of hydrogen-bond acceptors (Lipinski definition) is 2. The van der Waals surface area contributed by atoms with Gasteiger partial charge in [0.25, 0.3) is 0 Å². The van der Waals surface area contributed by atoms with E-state index in [4.69, 9.17) is 0 Å². The van der Waals surface area contributed by atoms with E-state index < -0.39 is 0 Å². The number of pyridine rings is 1. The van der Waals surface area contributed by atoms with Gasteiger partial charge in [-0.25, -0.2) is 4.98 Å². The summed E-state index contributed by atoms with van der Waals surface area (Å²) in [4.78, 5) is 16.4. The van der Waals surface area contributed by atoms with Gasteiger partial charge in [0.15, 0.2) is 0 Å². The number of hydrogen-bond donors (Lipinski definition) is 1. The summed E-state index contributed by atoms with van der Waals surface area (Å²) in [7, 11) is 0. The molecule has 4 nitrogen and oxygen atoms in total. The lowest BCUT2D eigenvalue weighted by molar-refractivity contribution is -0.121. The maximum Gasteiger partial charge on any atom is 0.226 e. The maximum atomic E-state index is 12.0. The highest BCUT2D eigenvalue weighted by Crippen LogP contribution is 2.08. The van der Waals surface area contributed by atoms with Crippen molar-refractivity contribution in [2.45, 2.75) is 39.7 Å². The van der Waals surface area contributed by atoms with Crippen molar-refractivity contribution in [3.63, 3.8) is 0 Å². The highest BCUT2D eigenvalue weighted by Gasteiger charge is 2.15. The molecule has 2 aromatic rings. The molecule has 0 aliphatic rings. The quantitative estimate of drug-likeness (QED) is 0.896. The molecule has 2 aromatic heterocycles. The van der Waals surface area contributed by atoms with Crippen molar-refractivity contribution in [1.82, 2.24) is 14.7 Å². The Hall–Kier alpha value is -1.84. The fourth-order valence-corrected chi connectivity index (χ4v) is 2.23. The van der Waals surface area contributed by atoms with Gasteiger partial charge in [0.2, 0.25) is 5.91 Å². The van der Waals surface area contributed by atoms with E-state index in [-0.39, 0.29) is 11.9 Å². The number of fused-ring (bicyclic) bond motifs is 1. The van der Waals surface area contributed by atoms with E-state index in [0.29, 0.717) is 12.3 Å².